The van der Waals surface area contributed by atoms with E-state index in [1.54, 1.807) is 17.5 Å². The fraction of sp³-hybridized carbons (Fsp3) is 0.250. The Bertz CT molecular complexity index is 606. The summed E-state index contributed by atoms with van der Waals surface area (Å²) >= 11 is 1.55. The summed E-state index contributed by atoms with van der Waals surface area (Å²) in [5, 5.41) is 5.61. The first-order valence-corrected chi connectivity index (χ1v) is 6.64. The van der Waals surface area contributed by atoms with E-state index in [-0.39, 0.29) is 18.0 Å². The molecule has 0 bridgehead atoms. The smallest absolute Gasteiger partial charge is 0.251 e. The first-order valence-electron chi connectivity index (χ1n) is 5.76. The minimum atomic E-state index is -0.246. The Morgan fingerprint density at radius 1 is 1.47 bits per heavy atom. The summed E-state index contributed by atoms with van der Waals surface area (Å²) in [6.07, 6.45) is 3.88. The number of amides is 1. The van der Waals surface area contributed by atoms with Crippen LogP contribution in [0.2, 0.25) is 0 Å². The first-order chi connectivity index (χ1) is 9.15. The highest BCUT2D eigenvalue weighted by molar-refractivity contribution is 7.09. The van der Waals surface area contributed by atoms with Gasteiger partial charge in [-0.2, -0.15) is 0 Å². The molecule has 7 heteroatoms. The van der Waals surface area contributed by atoms with E-state index in [2.05, 4.69) is 10.3 Å². The molecule has 2 heterocycles. The molecule has 0 aliphatic rings. The fourth-order valence-corrected chi connectivity index (χ4v) is 2.19. The van der Waals surface area contributed by atoms with Gasteiger partial charge in [-0.05, 0) is 6.07 Å². The van der Waals surface area contributed by atoms with Crippen molar-refractivity contribution in [3.05, 3.63) is 45.3 Å². The number of rotatable bonds is 5. The third-order valence-corrected chi connectivity index (χ3v) is 3.30. The average Bonchev–Trinajstić information content (AvgIpc) is 2.87. The van der Waals surface area contributed by atoms with Crippen molar-refractivity contribution >= 4 is 22.9 Å². The Kier molecular flexibility index (Phi) is 4.30. The molecule has 0 saturated carbocycles. The molecule has 6 nitrogen and oxygen atoms in total. The van der Waals surface area contributed by atoms with Crippen molar-refractivity contribution in [2.24, 2.45) is 0 Å². The van der Waals surface area contributed by atoms with E-state index in [1.807, 2.05) is 5.38 Å². The largest absolute Gasteiger partial charge is 0.398 e. The number of carbonyl (C=O) groups excluding carboxylic acids is 1. The molecule has 0 atom stereocenters. The van der Waals surface area contributed by atoms with Crippen LogP contribution >= 0.6 is 11.3 Å². The summed E-state index contributed by atoms with van der Waals surface area (Å²) in [7, 11) is 0. The van der Waals surface area contributed by atoms with Gasteiger partial charge in [-0.1, -0.05) is 0 Å². The molecule has 2 aromatic rings. The number of nitrogens with zero attached hydrogens (tertiary/aromatic N) is 2. The van der Waals surface area contributed by atoms with Crippen LogP contribution in [0.25, 0.3) is 0 Å². The molecule has 0 fully saturated rings. The van der Waals surface area contributed by atoms with Crippen LogP contribution in [-0.2, 0) is 17.8 Å². The standard InChI is InChI=1S/C12H14N4O2S/c13-9-1-2-12(18)16(7-9)8-10(17)14-4-3-11-15-5-6-19-11/h1-2,5-7H,3-4,8,13H2,(H,14,17). The van der Waals surface area contributed by atoms with Gasteiger partial charge in [0.25, 0.3) is 5.56 Å². The van der Waals surface area contributed by atoms with Gasteiger partial charge in [0.05, 0.1) is 5.01 Å². The maximum Gasteiger partial charge on any atom is 0.251 e. The van der Waals surface area contributed by atoms with E-state index in [9.17, 15) is 9.59 Å². The van der Waals surface area contributed by atoms with E-state index >= 15 is 0 Å². The number of anilines is 1. The topological polar surface area (TPSA) is 90.0 Å². The Labute approximate surface area is 113 Å². The summed E-state index contributed by atoms with van der Waals surface area (Å²) in [6.45, 7) is 0.477. The minimum Gasteiger partial charge on any atom is -0.398 e. The minimum absolute atomic E-state index is 0.0260. The summed E-state index contributed by atoms with van der Waals surface area (Å²) in [5.41, 5.74) is 5.78. The van der Waals surface area contributed by atoms with Gasteiger partial charge in [-0.25, -0.2) is 4.98 Å². The summed E-state index contributed by atoms with van der Waals surface area (Å²) in [6, 6.07) is 2.86. The number of hydrogen-bond donors (Lipinski definition) is 2. The van der Waals surface area contributed by atoms with Crippen molar-refractivity contribution in [2.45, 2.75) is 13.0 Å². The van der Waals surface area contributed by atoms with Crippen molar-refractivity contribution in [2.75, 3.05) is 12.3 Å². The molecule has 0 spiro atoms. The van der Waals surface area contributed by atoms with Crippen molar-refractivity contribution in [3.8, 4) is 0 Å². The second-order valence-corrected chi connectivity index (χ2v) is 4.93. The van der Waals surface area contributed by atoms with E-state index in [1.165, 1.54) is 22.9 Å². The van der Waals surface area contributed by atoms with Gasteiger partial charge in [0, 0.05) is 42.5 Å². The van der Waals surface area contributed by atoms with Crippen LogP contribution in [0, 0.1) is 0 Å². The summed E-state index contributed by atoms with van der Waals surface area (Å²) in [4.78, 5) is 27.3. The molecule has 0 aliphatic carbocycles. The highest BCUT2D eigenvalue weighted by Gasteiger charge is 2.04. The zero-order valence-electron chi connectivity index (χ0n) is 10.2. The van der Waals surface area contributed by atoms with Crippen molar-refractivity contribution in [1.82, 2.24) is 14.9 Å². The lowest BCUT2D eigenvalue weighted by Gasteiger charge is -2.07. The predicted octanol–water partition coefficient (Wildman–Crippen LogP) is 0.246. The maximum absolute atomic E-state index is 11.7. The van der Waals surface area contributed by atoms with Crippen LogP contribution in [0.3, 0.4) is 0 Å². The van der Waals surface area contributed by atoms with E-state index in [0.29, 0.717) is 18.7 Å². The summed E-state index contributed by atoms with van der Waals surface area (Å²) in [5.74, 6) is -0.218. The number of nitrogen functional groups attached to an aromatic ring is 1. The van der Waals surface area contributed by atoms with Crippen molar-refractivity contribution < 1.29 is 4.79 Å². The van der Waals surface area contributed by atoms with Crippen molar-refractivity contribution in [1.29, 1.82) is 0 Å². The third-order valence-electron chi connectivity index (χ3n) is 2.46. The van der Waals surface area contributed by atoms with Crippen molar-refractivity contribution in [3.63, 3.8) is 0 Å². The molecule has 2 aromatic heterocycles. The second kappa shape index (κ2) is 6.14. The normalized spacial score (nSPS) is 10.3. The monoisotopic (exact) mass is 278 g/mol. The van der Waals surface area contributed by atoms with Crippen LogP contribution in [0.4, 0.5) is 5.69 Å². The van der Waals surface area contributed by atoms with Gasteiger partial charge in [0.2, 0.25) is 5.91 Å². The number of nitrogens with one attached hydrogen (secondary N) is 1. The van der Waals surface area contributed by atoms with Gasteiger partial charge in [-0.3, -0.25) is 9.59 Å². The Balaban J connectivity index is 1.84. The third kappa shape index (κ3) is 3.92. The molecule has 0 unspecified atom stereocenters. The molecular weight excluding hydrogens is 264 g/mol. The van der Waals surface area contributed by atoms with Gasteiger partial charge >= 0.3 is 0 Å². The number of pyridine rings is 1. The zero-order chi connectivity index (χ0) is 13.7. The van der Waals surface area contributed by atoms with Gasteiger partial charge in [0.15, 0.2) is 0 Å². The van der Waals surface area contributed by atoms with Crippen LogP contribution in [0.5, 0.6) is 0 Å². The second-order valence-electron chi connectivity index (χ2n) is 3.95. The van der Waals surface area contributed by atoms with Crippen LogP contribution in [0.1, 0.15) is 5.01 Å². The highest BCUT2D eigenvalue weighted by atomic mass is 32.1. The number of hydrogen-bond acceptors (Lipinski definition) is 5. The van der Waals surface area contributed by atoms with Crippen LogP contribution in [-0.4, -0.2) is 22.0 Å². The number of aromatic nitrogens is 2. The Morgan fingerprint density at radius 3 is 3.05 bits per heavy atom. The first kappa shape index (κ1) is 13.3. The van der Waals surface area contributed by atoms with E-state index in [0.717, 1.165) is 5.01 Å². The van der Waals surface area contributed by atoms with E-state index < -0.39 is 0 Å². The number of carbonyl (C=O) groups is 1. The molecule has 0 radical (unpaired) electrons. The van der Waals surface area contributed by atoms with Gasteiger partial charge in [0.1, 0.15) is 6.54 Å². The molecule has 100 valence electrons. The molecule has 2 rings (SSSR count). The lowest BCUT2D eigenvalue weighted by Crippen LogP contribution is -2.33. The van der Waals surface area contributed by atoms with Crippen LogP contribution in [0.15, 0.2) is 34.7 Å². The number of thiazole rings is 1. The molecule has 0 aromatic carbocycles. The molecule has 19 heavy (non-hydrogen) atoms. The highest BCUT2D eigenvalue weighted by Crippen LogP contribution is 2.03. The maximum atomic E-state index is 11.7. The molecule has 1 amide bonds. The quantitative estimate of drug-likeness (QED) is 0.820. The lowest BCUT2D eigenvalue weighted by atomic mass is 10.4. The van der Waals surface area contributed by atoms with Gasteiger partial charge in [-0.15, -0.1) is 11.3 Å². The van der Waals surface area contributed by atoms with Gasteiger partial charge < -0.3 is 15.6 Å². The molecule has 3 N–H and O–H groups in total. The summed E-state index contributed by atoms with van der Waals surface area (Å²) < 4.78 is 1.29. The lowest BCUT2D eigenvalue weighted by molar-refractivity contribution is -0.121. The zero-order valence-corrected chi connectivity index (χ0v) is 11.0. The average molecular weight is 278 g/mol. The predicted molar refractivity (Wildman–Crippen MR) is 73.9 cm³/mol. The fourth-order valence-electron chi connectivity index (χ4n) is 1.57. The Hall–Kier alpha value is -2.15. The van der Waals surface area contributed by atoms with Crippen LogP contribution < -0.4 is 16.6 Å². The SMILES string of the molecule is Nc1ccc(=O)n(CC(=O)NCCc2nccs2)c1. The Morgan fingerprint density at radius 2 is 2.32 bits per heavy atom. The van der Waals surface area contributed by atoms with E-state index in [4.69, 9.17) is 5.73 Å². The molecule has 0 saturated heterocycles. The molecular formula is C12H14N4O2S. The number of nitrogens with two attached hydrogens (primary N) is 1. The molecule has 0 aliphatic heterocycles.